The molecule has 8 heteroatoms. The van der Waals surface area contributed by atoms with E-state index in [9.17, 15) is 4.39 Å². The minimum atomic E-state index is -0.306. The fourth-order valence-corrected chi connectivity index (χ4v) is 8.15. The molecule has 0 N–H and O–H groups in total. The molecule has 0 saturated heterocycles. The average molecular weight is 1010 g/mol. The van der Waals surface area contributed by atoms with Gasteiger partial charge in [-0.25, -0.2) is 14.2 Å². The number of hydrogen-bond donors (Lipinski definition) is 0. The molecule has 0 bridgehead atoms. The Labute approximate surface area is 385 Å². The summed E-state index contributed by atoms with van der Waals surface area (Å²) in [5.41, 5.74) is 11.3. The zero-order valence-corrected chi connectivity index (χ0v) is 39.3. The quantitative estimate of drug-likeness (QED) is 0.156. The Morgan fingerprint density at radius 3 is 2.08 bits per heavy atom. The molecule has 6 nitrogen and oxygen atoms in total. The maximum atomic E-state index is 14.7. The predicted octanol–water partition coefficient (Wildman–Crippen LogP) is 15.2. The molecule has 1 aliphatic heterocycles. The third-order valence-electron chi connectivity index (χ3n) is 11.6. The molecule has 63 heavy (non-hydrogen) atoms. The van der Waals surface area contributed by atoms with Gasteiger partial charge in [0.25, 0.3) is 0 Å². The smallest absolute Gasteiger partial charge is 0.187 e. The number of nitrogens with zero attached hydrogens (tertiary/aromatic N) is 5. The summed E-state index contributed by atoms with van der Waals surface area (Å²) in [4.78, 5) is 13.0. The van der Waals surface area contributed by atoms with Crippen molar-refractivity contribution in [3.8, 4) is 28.4 Å². The maximum Gasteiger partial charge on any atom is 0.187 e. The first-order chi connectivity index (χ1) is 29.5. The monoisotopic (exact) mass is 1010 g/mol. The van der Waals surface area contributed by atoms with Gasteiger partial charge in [0.1, 0.15) is 11.6 Å². The largest absolute Gasteiger partial charge is 0.509 e. The van der Waals surface area contributed by atoms with Gasteiger partial charge in [-0.15, -0.1) is 48.1 Å². The van der Waals surface area contributed by atoms with E-state index in [2.05, 4.69) is 144 Å². The SMILES string of the molecule is [C-]#[N+]c1cccc(-c2cccc3c2N(c2cc(C(C)(C)C)cc(C(C)(C)C)c2)[CH-]N3c2[c-]c(Oc3[c-]c4c(cc3)c3cc(F)ccc3n4-c3cc(C(C)(C)C)ccn3)ccc2)c1.[Pt]. The van der Waals surface area contributed by atoms with Crippen molar-refractivity contribution in [2.75, 3.05) is 9.80 Å². The van der Waals surface area contributed by atoms with Crippen molar-refractivity contribution < 1.29 is 30.2 Å². The molecule has 0 fully saturated rings. The number of ether oxygens (including phenoxy) is 1. The van der Waals surface area contributed by atoms with E-state index in [1.165, 1.54) is 17.2 Å². The molecule has 0 saturated carbocycles. The van der Waals surface area contributed by atoms with Gasteiger partial charge in [-0.3, -0.25) is 0 Å². The molecule has 320 valence electrons. The van der Waals surface area contributed by atoms with Crippen molar-refractivity contribution >= 4 is 50.2 Å². The van der Waals surface area contributed by atoms with Crippen molar-refractivity contribution in [2.45, 2.75) is 78.6 Å². The van der Waals surface area contributed by atoms with Gasteiger partial charge in [0.2, 0.25) is 0 Å². The molecule has 0 radical (unpaired) electrons. The van der Waals surface area contributed by atoms with Crippen molar-refractivity contribution in [3.63, 3.8) is 0 Å². The number of rotatable bonds is 6. The van der Waals surface area contributed by atoms with Crippen LogP contribution in [0.15, 0.2) is 128 Å². The molecular weight excluding hydrogens is 961 g/mol. The number of aromatic nitrogens is 2. The molecule has 0 unspecified atom stereocenters. The third kappa shape index (κ3) is 8.26. The fraction of sp³-hybridized carbons (Fsp3) is 0.218. The van der Waals surface area contributed by atoms with Crippen LogP contribution in [0.1, 0.15) is 79.0 Å². The Kier molecular flexibility index (Phi) is 11.1. The van der Waals surface area contributed by atoms with Crippen molar-refractivity contribution in [3.05, 3.63) is 180 Å². The first kappa shape index (κ1) is 43.4. The summed E-state index contributed by atoms with van der Waals surface area (Å²) in [5.74, 6) is 1.42. The van der Waals surface area contributed by atoms with E-state index < -0.39 is 0 Å². The fourth-order valence-electron chi connectivity index (χ4n) is 8.15. The van der Waals surface area contributed by atoms with Gasteiger partial charge in [0.05, 0.1) is 6.57 Å². The van der Waals surface area contributed by atoms with Gasteiger partial charge in [0.15, 0.2) is 5.69 Å². The Balaban J connectivity index is 0.00000544. The Hall–Kier alpha value is -6.22. The Morgan fingerprint density at radius 2 is 1.37 bits per heavy atom. The zero-order chi connectivity index (χ0) is 43.7. The van der Waals surface area contributed by atoms with E-state index in [0.29, 0.717) is 17.2 Å². The van der Waals surface area contributed by atoms with Gasteiger partial charge < -0.3 is 19.1 Å². The van der Waals surface area contributed by atoms with Gasteiger partial charge in [-0.2, -0.15) is 12.1 Å². The molecule has 1 aliphatic rings. The van der Waals surface area contributed by atoms with E-state index >= 15 is 0 Å². The zero-order valence-electron chi connectivity index (χ0n) is 37.0. The molecule has 0 atom stereocenters. The van der Waals surface area contributed by atoms with Crippen LogP contribution < -0.4 is 14.5 Å². The minimum absolute atomic E-state index is 0. The van der Waals surface area contributed by atoms with Crippen LogP contribution in [-0.4, -0.2) is 9.55 Å². The minimum Gasteiger partial charge on any atom is -0.509 e. The van der Waals surface area contributed by atoms with Gasteiger partial charge >= 0.3 is 0 Å². The Morgan fingerprint density at radius 1 is 0.667 bits per heavy atom. The topological polar surface area (TPSA) is 37.9 Å². The molecule has 0 amide bonds. The number of halogens is 1. The first-order valence-electron chi connectivity index (χ1n) is 21.0. The second kappa shape index (κ2) is 16.2. The van der Waals surface area contributed by atoms with Gasteiger partial charge in [0, 0.05) is 66.9 Å². The van der Waals surface area contributed by atoms with Crippen LogP contribution in [0.4, 0.5) is 32.8 Å². The number of hydrogen-bond acceptors (Lipinski definition) is 4. The van der Waals surface area contributed by atoms with Crippen LogP contribution in [0.3, 0.4) is 0 Å². The molecule has 8 aromatic rings. The summed E-state index contributed by atoms with van der Waals surface area (Å²) in [6.07, 6.45) is 1.82. The van der Waals surface area contributed by atoms with E-state index in [-0.39, 0.29) is 43.1 Å². The summed E-state index contributed by atoms with van der Waals surface area (Å²) in [5, 5.41) is 1.62. The van der Waals surface area contributed by atoms with Crippen LogP contribution in [0.25, 0.3) is 43.6 Å². The standard InChI is InChI=1S/C55H49FN5O.Pt/c1-53(2,3)36-24-25-58-51(30-36)61-48-23-20-39(56)31-47(48)46-22-21-44(33-50(46)61)62-43-17-12-16-41(32-43)59-34-60(42-28-37(54(4,5)6)27-38(29-42)55(7,8)9)52-45(18-13-19-49(52)59)35-14-11-15-40(26-35)57-10;/h11-31,34H,1-9H3;/q-3;. The van der Waals surface area contributed by atoms with Crippen LogP contribution >= 0.6 is 0 Å². The Bertz CT molecular complexity index is 3050. The number of fused-ring (bicyclic) bond motifs is 4. The second-order valence-corrected chi connectivity index (χ2v) is 19.2. The van der Waals surface area contributed by atoms with Gasteiger partial charge in [-0.1, -0.05) is 104 Å². The summed E-state index contributed by atoms with van der Waals surface area (Å²) in [6.45, 7) is 29.9. The molecule has 3 heterocycles. The van der Waals surface area contributed by atoms with E-state index in [1.54, 1.807) is 12.1 Å². The van der Waals surface area contributed by atoms with Crippen LogP contribution in [0.2, 0.25) is 0 Å². The molecule has 0 spiro atoms. The van der Waals surface area contributed by atoms with E-state index in [1.807, 2.05) is 65.4 Å². The molecular formula is C55H49FN5OPt-3. The second-order valence-electron chi connectivity index (χ2n) is 19.2. The average Bonchev–Trinajstić information content (AvgIpc) is 3.78. The normalized spacial score (nSPS) is 13.0. The van der Waals surface area contributed by atoms with E-state index in [0.717, 1.165) is 67.1 Å². The number of benzene rings is 6. The summed E-state index contributed by atoms with van der Waals surface area (Å²) in [6, 6.07) is 46.8. The molecule has 0 aliphatic carbocycles. The summed E-state index contributed by atoms with van der Waals surface area (Å²) < 4.78 is 23.4. The molecule has 9 rings (SSSR count). The molecule has 2 aromatic heterocycles. The summed E-state index contributed by atoms with van der Waals surface area (Å²) >= 11 is 0. The van der Waals surface area contributed by atoms with E-state index in [4.69, 9.17) is 16.3 Å². The number of pyridine rings is 1. The van der Waals surface area contributed by atoms with Gasteiger partial charge in [-0.05, 0) is 98.5 Å². The van der Waals surface area contributed by atoms with Crippen molar-refractivity contribution in [2.24, 2.45) is 0 Å². The predicted molar refractivity (Wildman–Crippen MR) is 252 cm³/mol. The summed E-state index contributed by atoms with van der Waals surface area (Å²) in [7, 11) is 0. The van der Waals surface area contributed by atoms with Crippen LogP contribution in [0.5, 0.6) is 11.5 Å². The van der Waals surface area contributed by atoms with Crippen LogP contribution in [0, 0.1) is 31.2 Å². The van der Waals surface area contributed by atoms with Crippen molar-refractivity contribution in [1.29, 1.82) is 0 Å². The van der Waals surface area contributed by atoms with Crippen molar-refractivity contribution in [1.82, 2.24) is 9.55 Å². The number of para-hydroxylation sites is 1. The first-order valence-corrected chi connectivity index (χ1v) is 21.0. The number of anilines is 4. The maximum absolute atomic E-state index is 14.7. The third-order valence-corrected chi connectivity index (χ3v) is 11.6. The molecule has 6 aromatic carbocycles. The van der Waals surface area contributed by atoms with Crippen LogP contribution in [-0.2, 0) is 37.3 Å².